The van der Waals surface area contributed by atoms with Gasteiger partial charge in [0.05, 0.1) is 11.1 Å². The molecule has 0 spiro atoms. The van der Waals surface area contributed by atoms with E-state index in [1.165, 1.54) is 5.56 Å². The molecule has 0 bridgehead atoms. The Kier molecular flexibility index (Phi) is 5.91. The van der Waals surface area contributed by atoms with Gasteiger partial charge < -0.3 is 9.63 Å². The summed E-state index contributed by atoms with van der Waals surface area (Å²) in [4.78, 5) is 16.1. The number of benzene rings is 3. The molecule has 1 aliphatic carbocycles. The fourth-order valence-electron chi connectivity index (χ4n) is 5.14. The van der Waals surface area contributed by atoms with E-state index in [0.717, 1.165) is 56.0 Å². The molecular formula is C33H28N2O3. The molecule has 5 aromatic rings. The lowest BCUT2D eigenvalue weighted by Crippen LogP contribution is -2.19. The van der Waals surface area contributed by atoms with E-state index >= 15 is 0 Å². The summed E-state index contributed by atoms with van der Waals surface area (Å²) in [5.41, 5.74) is 9.76. The number of aliphatic carboxylic acids is 1. The Morgan fingerprint density at radius 3 is 2.18 bits per heavy atom. The molecule has 0 saturated heterocycles. The normalized spacial score (nSPS) is 13.8. The Morgan fingerprint density at radius 2 is 1.53 bits per heavy atom. The van der Waals surface area contributed by atoms with Crippen LogP contribution < -0.4 is 0 Å². The highest BCUT2D eigenvalue weighted by atomic mass is 16.5. The van der Waals surface area contributed by atoms with Crippen LogP contribution in [-0.4, -0.2) is 21.2 Å². The molecule has 1 N–H and O–H groups in total. The van der Waals surface area contributed by atoms with Crippen molar-refractivity contribution in [2.45, 2.75) is 38.5 Å². The van der Waals surface area contributed by atoms with Crippen molar-refractivity contribution in [3.63, 3.8) is 0 Å². The van der Waals surface area contributed by atoms with Gasteiger partial charge in [-0.15, -0.1) is 0 Å². The van der Waals surface area contributed by atoms with Crippen LogP contribution in [0.15, 0.2) is 95.8 Å². The zero-order valence-corrected chi connectivity index (χ0v) is 21.4. The SMILES string of the molecule is Cc1cccc(-c2cncc(Cc3c(C)noc3-c3ccc(-c4ccc(C5(C(=O)O)CC5)cc4)cc3)c2)c1. The van der Waals surface area contributed by atoms with Gasteiger partial charge in [-0.25, -0.2) is 0 Å². The van der Waals surface area contributed by atoms with Crippen molar-refractivity contribution in [2.75, 3.05) is 0 Å². The molecule has 38 heavy (non-hydrogen) atoms. The van der Waals surface area contributed by atoms with E-state index in [2.05, 4.69) is 59.5 Å². The molecular weight excluding hydrogens is 472 g/mol. The monoisotopic (exact) mass is 500 g/mol. The number of carboxylic acid groups (broad SMARTS) is 1. The van der Waals surface area contributed by atoms with Crippen LogP contribution in [0.25, 0.3) is 33.6 Å². The summed E-state index contributed by atoms with van der Waals surface area (Å²) in [5.74, 6) is 0.0351. The lowest BCUT2D eigenvalue weighted by Gasteiger charge is -2.11. The first kappa shape index (κ1) is 23.9. The van der Waals surface area contributed by atoms with Crippen LogP contribution >= 0.6 is 0 Å². The van der Waals surface area contributed by atoms with Gasteiger partial charge >= 0.3 is 5.97 Å². The number of carbonyl (C=O) groups is 1. The Morgan fingerprint density at radius 1 is 0.842 bits per heavy atom. The number of pyridine rings is 1. The third-order valence-electron chi connectivity index (χ3n) is 7.59. The maximum absolute atomic E-state index is 11.6. The molecule has 188 valence electrons. The summed E-state index contributed by atoms with van der Waals surface area (Å²) in [6.07, 6.45) is 5.89. The van der Waals surface area contributed by atoms with Gasteiger partial charge in [0, 0.05) is 35.5 Å². The Balaban J connectivity index is 1.24. The second kappa shape index (κ2) is 9.42. The lowest BCUT2D eigenvalue weighted by molar-refractivity contribution is -0.140. The largest absolute Gasteiger partial charge is 0.481 e. The molecule has 5 nitrogen and oxygen atoms in total. The summed E-state index contributed by atoms with van der Waals surface area (Å²) < 4.78 is 5.79. The number of carboxylic acids is 1. The highest BCUT2D eigenvalue weighted by molar-refractivity contribution is 5.85. The third kappa shape index (κ3) is 4.41. The van der Waals surface area contributed by atoms with Crippen molar-refractivity contribution in [1.82, 2.24) is 10.1 Å². The van der Waals surface area contributed by atoms with Gasteiger partial charge in [-0.1, -0.05) is 83.5 Å². The zero-order valence-electron chi connectivity index (χ0n) is 21.4. The number of hydrogen-bond acceptors (Lipinski definition) is 4. The van der Waals surface area contributed by atoms with Gasteiger partial charge in [-0.2, -0.15) is 0 Å². The molecule has 5 heteroatoms. The molecule has 0 unspecified atom stereocenters. The quantitative estimate of drug-likeness (QED) is 0.252. The topological polar surface area (TPSA) is 76.2 Å². The van der Waals surface area contributed by atoms with Crippen molar-refractivity contribution in [3.05, 3.63) is 119 Å². The molecule has 2 aromatic heterocycles. The number of rotatable bonds is 7. The number of nitrogens with zero attached hydrogens (tertiary/aromatic N) is 2. The van der Waals surface area contributed by atoms with Crippen LogP contribution in [0.3, 0.4) is 0 Å². The molecule has 1 saturated carbocycles. The fourth-order valence-corrected chi connectivity index (χ4v) is 5.14. The molecule has 0 aliphatic heterocycles. The smallest absolute Gasteiger partial charge is 0.314 e. The predicted molar refractivity (Wildman–Crippen MR) is 148 cm³/mol. The van der Waals surface area contributed by atoms with Gasteiger partial charge in [-0.05, 0) is 60.6 Å². The average Bonchev–Trinajstić information content (AvgIpc) is 3.68. The Bertz CT molecular complexity index is 1630. The second-order valence-electron chi connectivity index (χ2n) is 10.2. The van der Waals surface area contributed by atoms with Gasteiger partial charge in [0.25, 0.3) is 0 Å². The molecule has 0 amide bonds. The molecule has 0 atom stereocenters. The molecule has 2 heterocycles. The van der Waals surface area contributed by atoms with Crippen molar-refractivity contribution in [2.24, 2.45) is 0 Å². The molecule has 6 rings (SSSR count). The fraction of sp³-hybridized carbons (Fsp3) is 0.182. The molecule has 1 aliphatic rings. The highest BCUT2D eigenvalue weighted by Gasteiger charge is 2.51. The summed E-state index contributed by atoms with van der Waals surface area (Å²) >= 11 is 0. The summed E-state index contributed by atoms with van der Waals surface area (Å²) in [6, 6.07) is 26.7. The maximum Gasteiger partial charge on any atom is 0.314 e. The van der Waals surface area contributed by atoms with Crippen molar-refractivity contribution in [1.29, 1.82) is 0 Å². The van der Waals surface area contributed by atoms with Gasteiger partial charge in [0.1, 0.15) is 0 Å². The summed E-state index contributed by atoms with van der Waals surface area (Å²) in [6.45, 7) is 4.07. The molecule has 0 radical (unpaired) electrons. The molecule has 3 aromatic carbocycles. The van der Waals surface area contributed by atoms with Gasteiger partial charge in [0.2, 0.25) is 0 Å². The first-order chi connectivity index (χ1) is 18.4. The number of aromatic nitrogens is 2. The van der Waals surface area contributed by atoms with Crippen molar-refractivity contribution < 1.29 is 14.4 Å². The lowest BCUT2D eigenvalue weighted by atomic mass is 9.93. The Labute approximate surface area is 221 Å². The highest BCUT2D eigenvalue weighted by Crippen LogP contribution is 2.48. The minimum atomic E-state index is -0.731. The van der Waals surface area contributed by atoms with Crippen LogP contribution in [0.1, 0.15) is 40.8 Å². The van der Waals surface area contributed by atoms with E-state index in [4.69, 9.17) is 4.52 Å². The van der Waals surface area contributed by atoms with Crippen molar-refractivity contribution in [3.8, 4) is 33.6 Å². The minimum absolute atomic E-state index is 0.672. The molecule has 1 fully saturated rings. The first-order valence-corrected chi connectivity index (χ1v) is 12.8. The first-order valence-electron chi connectivity index (χ1n) is 12.8. The maximum atomic E-state index is 11.6. The summed E-state index contributed by atoms with van der Waals surface area (Å²) in [5, 5.41) is 13.8. The summed E-state index contributed by atoms with van der Waals surface area (Å²) in [7, 11) is 0. The number of hydrogen-bond donors (Lipinski definition) is 1. The van der Waals surface area contributed by atoms with Gasteiger partial charge in [0.15, 0.2) is 5.76 Å². The van der Waals surface area contributed by atoms with Crippen LogP contribution in [0.4, 0.5) is 0 Å². The van der Waals surface area contributed by atoms with E-state index in [0.29, 0.717) is 19.3 Å². The number of aryl methyl sites for hydroxylation is 2. The van der Waals surface area contributed by atoms with E-state index in [1.54, 1.807) is 0 Å². The Hall–Kier alpha value is -4.51. The van der Waals surface area contributed by atoms with Gasteiger partial charge in [-0.3, -0.25) is 9.78 Å². The standard InChI is InChI=1S/C33H28N2O3/c1-21-4-3-5-27(16-21)28-17-23(19-34-20-28)18-30-22(2)35-38-31(30)26-8-6-24(7-9-26)25-10-12-29(13-11-25)33(14-15-33)32(36)37/h3-13,16-17,19-20H,14-15,18H2,1-2H3,(H,36,37). The second-order valence-corrected chi connectivity index (χ2v) is 10.2. The van der Waals surface area contributed by atoms with E-state index in [1.807, 2.05) is 55.7 Å². The van der Waals surface area contributed by atoms with Crippen LogP contribution in [0.5, 0.6) is 0 Å². The third-order valence-corrected chi connectivity index (χ3v) is 7.59. The van der Waals surface area contributed by atoms with E-state index in [9.17, 15) is 9.90 Å². The van der Waals surface area contributed by atoms with Crippen LogP contribution in [0, 0.1) is 13.8 Å². The van der Waals surface area contributed by atoms with Crippen LogP contribution in [-0.2, 0) is 16.6 Å². The van der Waals surface area contributed by atoms with Crippen LogP contribution in [0.2, 0.25) is 0 Å². The zero-order chi connectivity index (χ0) is 26.3. The van der Waals surface area contributed by atoms with Crippen molar-refractivity contribution >= 4 is 5.97 Å². The predicted octanol–water partition coefficient (Wildman–Crippen LogP) is 7.39. The van der Waals surface area contributed by atoms with E-state index < -0.39 is 11.4 Å². The minimum Gasteiger partial charge on any atom is -0.481 e. The van der Waals surface area contributed by atoms with E-state index in [-0.39, 0.29) is 0 Å². The average molecular weight is 501 g/mol.